The van der Waals surface area contributed by atoms with E-state index in [0.29, 0.717) is 13.2 Å². The highest BCUT2D eigenvalue weighted by atomic mass is 16.6. The first-order chi connectivity index (χ1) is 10.8. The van der Waals surface area contributed by atoms with Gasteiger partial charge in [-0.2, -0.15) is 0 Å². The molecule has 0 unspecified atom stereocenters. The van der Waals surface area contributed by atoms with Gasteiger partial charge >= 0.3 is 6.09 Å². The molecule has 1 fully saturated rings. The Morgan fingerprint density at radius 2 is 1.77 bits per heavy atom. The number of benzene rings is 2. The molecule has 2 aromatic carbocycles. The first kappa shape index (κ1) is 14.4. The van der Waals surface area contributed by atoms with Gasteiger partial charge in [0.1, 0.15) is 17.6 Å². The molecule has 22 heavy (non-hydrogen) atoms. The Morgan fingerprint density at radius 3 is 2.45 bits per heavy atom. The van der Waals surface area contributed by atoms with Crippen molar-refractivity contribution in [2.75, 3.05) is 25.2 Å². The maximum absolute atomic E-state index is 11.9. The highest BCUT2D eigenvalue weighted by Gasteiger charge is 2.32. The van der Waals surface area contributed by atoms with Gasteiger partial charge in [0.05, 0.1) is 13.2 Å². The summed E-state index contributed by atoms with van der Waals surface area (Å²) in [4.78, 5) is 13.4. The van der Waals surface area contributed by atoms with Crippen LogP contribution in [0.5, 0.6) is 11.5 Å². The number of cyclic esters (lactones) is 1. The number of nitrogens with zero attached hydrogens (tertiary/aromatic N) is 1. The van der Waals surface area contributed by atoms with Gasteiger partial charge in [0.25, 0.3) is 0 Å². The van der Waals surface area contributed by atoms with Crippen molar-refractivity contribution in [2.24, 2.45) is 0 Å². The minimum atomic E-state index is -0.348. The minimum absolute atomic E-state index is 0.224. The van der Waals surface area contributed by atoms with E-state index in [0.717, 1.165) is 17.2 Å². The van der Waals surface area contributed by atoms with Crippen LogP contribution in [0.15, 0.2) is 54.6 Å². The zero-order valence-electron chi connectivity index (χ0n) is 12.3. The van der Waals surface area contributed by atoms with E-state index in [-0.39, 0.29) is 12.2 Å². The molecule has 1 aliphatic heterocycles. The van der Waals surface area contributed by atoms with Crippen molar-refractivity contribution in [3.05, 3.63) is 54.6 Å². The molecule has 5 heteroatoms. The van der Waals surface area contributed by atoms with Gasteiger partial charge in [-0.05, 0) is 36.4 Å². The molecular weight excluding hydrogens is 282 g/mol. The summed E-state index contributed by atoms with van der Waals surface area (Å²) >= 11 is 0. The van der Waals surface area contributed by atoms with Crippen molar-refractivity contribution in [1.82, 2.24) is 0 Å². The Bertz CT molecular complexity index is 627. The predicted molar refractivity (Wildman–Crippen MR) is 82.4 cm³/mol. The normalized spacial score (nSPS) is 17.4. The number of carbonyl (C=O) groups is 1. The zero-order chi connectivity index (χ0) is 15.4. The molecule has 5 nitrogen and oxygen atoms in total. The van der Waals surface area contributed by atoms with Crippen LogP contribution in [0.25, 0.3) is 0 Å². The monoisotopic (exact) mass is 299 g/mol. The summed E-state index contributed by atoms with van der Waals surface area (Å²) in [6, 6.07) is 16.9. The van der Waals surface area contributed by atoms with E-state index in [1.807, 2.05) is 54.6 Å². The highest BCUT2D eigenvalue weighted by Crippen LogP contribution is 2.26. The maximum Gasteiger partial charge on any atom is 0.414 e. The third-order valence-electron chi connectivity index (χ3n) is 3.35. The van der Waals surface area contributed by atoms with Gasteiger partial charge in [-0.15, -0.1) is 0 Å². The van der Waals surface area contributed by atoms with Gasteiger partial charge in [-0.25, -0.2) is 4.79 Å². The van der Waals surface area contributed by atoms with E-state index in [9.17, 15) is 4.79 Å². The summed E-state index contributed by atoms with van der Waals surface area (Å²) in [5, 5.41) is 0. The molecule has 3 rings (SSSR count). The maximum atomic E-state index is 11.9. The lowest BCUT2D eigenvalue weighted by molar-refractivity contribution is 0.0718. The fraction of sp³-hybridized carbons (Fsp3) is 0.235. The van der Waals surface area contributed by atoms with E-state index in [1.165, 1.54) is 0 Å². The van der Waals surface area contributed by atoms with Gasteiger partial charge in [0.2, 0.25) is 0 Å². The van der Waals surface area contributed by atoms with Crippen LogP contribution in [0.3, 0.4) is 0 Å². The third kappa shape index (κ3) is 3.20. The zero-order valence-corrected chi connectivity index (χ0v) is 12.3. The highest BCUT2D eigenvalue weighted by molar-refractivity contribution is 5.89. The summed E-state index contributed by atoms with van der Waals surface area (Å²) in [5.74, 6) is 1.49. The lowest BCUT2D eigenvalue weighted by Gasteiger charge is -2.13. The Kier molecular flexibility index (Phi) is 4.25. The van der Waals surface area contributed by atoms with E-state index < -0.39 is 0 Å². The fourth-order valence-electron chi connectivity index (χ4n) is 2.32. The molecule has 1 saturated heterocycles. The molecule has 0 N–H and O–H groups in total. The van der Waals surface area contributed by atoms with Gasteiger partial charge in [0.15, 0.2) is 0 Å². The molecule has 0 saturated carbocycles. The summed E-state index contributed by atoms with van der Waals surface area (Å²) in [6.07, 6.45) is -0.573. The molecule has 1 amide bonds. The molecule has 1 heterocycles. The first-order valence-corrected chi connectivity index (χ1v) is 7.06. The average molecular weight is 299 g/mol. The summed E-state index contributed by atoms with van der Waals surface area (Å²) in [7, 11) is 1.59. The van der Waals surface area contributed by atoms with Crippen molar-refractivity contribution >= 4 is 11.8 Å². The number of rotatable bonds is 5. The van der Waals surface area contributed by atoms with Crippen molar-refractivity contribution in [2.45, 2.75) is 6.10 Å². The first-order valence-electron chi connectivity index (χ1n) is 7.06. The Labute approximate surface area is 129 Å². The second-order valence-electron chi connectivity index (χ2n) is 4.98. The van der Waals surface area contributed by atoms with E-state index in [4.69, 9.17) is 14.2 Å². The standard InChI is InChI=1S/C17H17NO4/c1-20-12-16-11-18(17(19)22-16)13-7-9-15(10-8-13)21-14-5-3-2-4-6-14/h2-10,16H,11-12H2,1H3/t16-/m1/s1. The van der Waals surface area contributed by atoms with Crippen LogP contribution in [0.4, 0.5) is 10.5 Å². The number of methoxy groups -OCH3 is 1. The molecule has 0 aromatic heterocycles. The average Bonchev–Trinajstić information content (AvgIpc) is 2.90. The quantitative estimate of drug-likeness (QED) is 0.848. The number of ether oxygens (including phenoxy) is 3. The van der Waals surface area contributed by atoms with Crippen molar-refractivity contribution in [1.29, 1.82) is 0 Å². The largest absolute Gasteiger partial charge is 0.457 e. The molecule has 1 aliphatic rings. The Morgan fingerprint density at radius 1 is 1.09 bits per heavy atom. The second-order valence-corrected chi connectivity index (χ2v) is 4.98. The van der Waals surface area contributed by atoms with Crippen LogP contribution in [0.2, 0.25) is 0 Å². The number of carbonyl (C=O) groups excluding carboxylic acids is 1. The van der Waals surface area contributed by atoms with E-state index >= 15 is 0 Å². The molecule has 0 spiro atoms. The molecular formula is C17H17NO4. The number of anilines is 1. The van der Waals surface area contributed by atoms with Crippen LogP contribution in [-0.2, 0) is 9.47 Å². The number of hydrogen-bond acceptors (Lipinski definition) is 4. The molecule has 0 aliphatic carbocycles. The third-order valence-corrected chi connectivity index (χ3v) is 3.35. The van der Waals surface area contributed by atoms with E-state index in [1.54, 1.807) is 12.0 Å². The topological polar surface area (TPSA) is 48.0 Å². The lowest BCUT2D eigenvalue weighted by atomic mass is 10.2. The van der Waals surface area contributed by atoms with Crippen molar-refractivity contribution < 1.29 is 19.0 Å². The molecule has 114 valence electrons. The van der Waals surface area contributed by atoms with Gasteiger partial charge in [-0.3, -0.25) is 4.90 Å². The molecule has 0 radical (unpaired) electrons. The van der Waals surface area contributed by atoms with Gasteiger partial charge in [-0.1, -0.05) is 18.2 Å². The Balaban J connectivity index is 1.68. The number of para-hydroxylation sites is 1. The van der Waals surface area contributed by atoms with Gasteiger partial charge < -0.3 is 14.2 Å². The van der Waals surface area contributed by atoms with E-state index in [2.05, 4.69) is 0 Å². The smallest absolute Gasteiger partial charge is 0.414 e. The molecule has 0 bridgehead atoms. The minimum Gasteiger partial charge on any atom is -0.457 e. The van der Waals surface area contributed by atoms with Crippen molar-refractivity contribution in [3.63, 3.8) is 0 Å². The lowest BCUT2D eigenvalue weighted by Crippen LogP contribution is -2.25. The summed E-state index contributed by atoms with van der Waals surface area (Å²) in [6.45, 7) is 0.892. The van der Waals surface area contributed by atoms with Crippen LogP contribution in [-0.4, -0.2) is 32.5 Å². The number of amides is 1. The predicted octanol–water partition coefficient (Wildman–Crippen LogP) is 3.45. The van der Waals surface area contributed by atoms with Crippen LogP contribution in [0, 0.1) is 0 Å². The fourth-order valence-corrected chi connectivity index (χ4v) is 2.32. The second kappa shape index (κ2) is 6.49. The molecule has 2 aromatic rings. The van der Waals surface area contributed by atoms with Crippen molar-refractivity contribution in [3.8, 4) is 11.5 Å². The van der Waals surface area contributed by atoms with Crippen LogP contribution < -0.4 is 9.64 Å². The van der Waals surface area contributed by atoms with Crippen LogP contribution in [0.1, 0.15) is 0 Å². The van der Waals surface area contributed by atoms with Gasteiger partial charge in [0, 0.05) is 12.8 Å². The SMILES string of the molecule is COC[C@H]1CN(c2ccc(Oc3ccccc3)cc2)C(=O)O1. The number of hydrogen-bond donors (Lipinski definition) is 0. The Hall–Kier alpha value is -2.53. The molecule has 1 atom stereocenters. The summed E-state index contributed by atoms with van der Waals surface area (Å²) < 4.78 is 16.0. The van der Waals surface area contributed by atoms with Crippen LogP contribution >= 0.6 is 0 Å². The summed E-state index contributed by atoms with van der Waals surface area (Å²) in [5.41, 5.74) is 0.781.